The second kappa shape index (κ2) is 10.8. The topological polar surface area (TPSA) is 122 Å². The highest BCUT2D eigenvalue weighted by Gasteiger charge is 2.48. The van der Waals surface area contributed by atoms with Crippen LogP contribution in [0.2, 0.25) is 0 Å². The number of benzene rings is 2. The minimum Gasteiger partial charge on any atom is -0.374 e. The molecule has 2 heterocycles. The smallest absolute Gasteiger partial charge is 0.240 e. The number of anilines is 1. The molecule has 0 radical (unpaired) electrons. The van der Waals surface area contributed by atoms with Gasteiger partial charge in [0.1, 0.15) is 17.7 Å². The zero-order chi connectivity index (χ0) is 29.5. The van der Waals surface area contributed by atoms with Crippen LogP contribution < -0.4 is 15.4 Å². The van der Waals surface area contributed by atoms with Crippen molar-refractivity contribution < 1.29 is 25.5 Å². The predicted molar refractivity (Wildman–Crippen MR) is 149 cm³/mol. The molecule has 2 aliphatic heterocycles. The lowest BCUT2D eigenvalue weighted by atomic mass is 9.74. The van der Waals surface area contributed by atoms with Crippen LogP contribution in [0, 0.1) is 0 Å². The van der Waals surface area contributed by atoms with Crippen molar-refractivity contribution in [3.63, 3.8) is 0 Å². The van der Waals surface area contributed by atoms with E-state index in [9.17, 15) is 18.0 Å². The standard InChI is InChI=1S/C29H36N4O5S/c1-39(36,37)33-21-28(23-10-5-6-11-25(23)33)14-16-32(17-15-28)26(18-34)24(31-27(35)29(30)12-7-13-29)20-38-19-22-8-3-2-4-9-22/h2-6,8-11,24H,7,12-17,19-21,30H2,1H3,(H,31,35)/t24-/m0/s1/i19D2. The summed E-state index contributed by atoms with van der Waals surface area (Å²) in [5.74, 6) is 1.59. The number of hydrogen-bond donors (Lipinski definition) is 2. The van der Waals surface area contributed by atoms with Gasteiger partial charge in [-0.3, -0.25) is 9.10 Å². The summed E-state index contributed by atoms with van der Waals surface area (Å²) in [4.78, 5) is 27.4. The highest BCUT2D eigenvalue weighted by Crippen LogP contribution is 2.48. The van der Waals surface area contributed by atoms with Crippen molar-refractivity contribution >= 4 is 27.6 Å². The molecule has 39 heavy (non-hydrogen) atoms. The predicted octanol–water partition coefficient (Wildman–Crippen LogP) is 2.10. The first-order chi connectivity index (χ1) is 19.4. The van der Waals surface area contributed by atoms with Crippen molar-refractivity contribution in [2.24, 2.45) is 5.73 Å². The van der Waals surface area contributed by atoms with Gasteiger partial charge < -0.3 is 20.7 Å². The average Bonchev–Trinajstić information content (AvgIpc) is 3.26. The van der Waals surface area contributed by atoms with Gasteiger partial charge in [-0.05, 0) is 49.3 Å². The van der Waals surface area contributed by atoms with Crippen molar-refractivity contribution in [2.75, 3.05) is 36.8 Å². The first-order valence-electron chi connectivity index (χ1n) is 14.3. The number of piperidine rings is 1. The maximum Gasteiger partial charge on any atom is 0.240 e. The van der Waals surface area contributed by atoms with Crippen LogP contribution in [0.1, 0.15) is 46.0 Å². The van der Waals surface area contributed by atoms with E-state index in [-0.39, 0.29) is 12.3 Å². The van der Waals surface area contributed by atoms with E-state index in [2.05, 4.69) is 5.32 Å². The molecule has 0 aromatic heterocycles. The van der Waals surface area contributed by atoms with E-state index < -0.39 is 39.5 Å². The van der Waals surface area contributed by atoms with Crippen molar-refractivity contribution in [2.45, 2.75) is 55.7 Å². The zero-order valence-electron chi connectivity index (χ0n) is 24.1. The van der Waals surface area contributed by atoms with Crippen LogP contribution in [0.3, 0.4) is 0 Å². The third-order valence-electron chi connectivity index (χ3n) is 8.30. The van der Waals surface area contributed by atoms with Gasteiger partial charge in [0.25, 0.3) is 0 Å². The number of fused-ring (bicyclic) bond motifs is 2. The normalized spacial score (nSPS) is 21.2. The van der Waals surface area contributed by atoms with E-state index in [1.807, 2.05) is 35.1 Å². The molecule has 3 aliphatic rings. The van der Waals surface area contributed by atoms with Gasteiger partial charge in [-0.25, -0.2) is 13.2 Å². The summed E-state index contributed by atoms with van der Waals surface area (Å²) in [6, 6.07) is 14.9. The number of nitrogens with two attached hydrogens (primary N) is 1. The molecule has 10 heteroatoms. The Balaban J connectivity index is 1.36. The Morgan fingerprint density at radius 2 is 1.79 bits per heavy atom. The Labute approximate surface area is 232 Å². The molecular weight excluding hydrogens is 516 g/mol. The number of rotatable bonds is 9. The Morgan fingerprint density at radius 1 is 1.13 bits per heavy atom. The summed E-state index contributed by atoms with van der Waals surface area (Å²) in [5.41, 5.74) is 6.95. The molecule has 2 aromatic carbocycles. The third kappa shape index (κ3) is 5.47. The lowest BCUT2D eigenvalue weighted by Crippen LogP contribution is -2.61. The van der Waals surface area contributed by atoms with E-state index in [4.69, 9.17) is 13.2 Å². The summed E-state index contributed by atoms with van der Waals surface area (Å²) in [6.45, 7) is -1.30. The maximum atomic E-state index is 13.1. The molecule has 2 aromatic rings. The van der Waals surface area contributed by atoms with Crippen molar-refractivity contribution in [3.8, 4) is 0 Å². The number of hydrogen-bond acceptors (Lipinski definition) is 7. The van der Waals surface area contributed by atoms with Gasteiger partial charge in [-0.1, -0.05) is 48.5 Å². The molecule has 1 aliphatic carbocycles. The molecule has 1 amide bonds. The number of carbonyl (C=O) groups excluding carboxylic acids is 2. The maximum absolute atomic E-state index is 13.1. The Hall–Kier alpha value is -3.17. The molecule has 0 unspecified atom stereocenters. The van der Waals surface area contributed by atoms with Crippen LogP contribution in [-0.4, -0.2) is 69.2 Å². The quantitative estimate of drug-likeness (QED) is 0.455. The lowest BCUT2D eigenvalue weighted by Gasteiger charge is -2.43. The fourth-order valence-corrected chi connectivity index (χ4v) is 6.83. The summed E-state index contributed by atoms with van der Waals surface area (Å²) >= 11 is 0. The fraction of sp³-hybridized carbons (Fsp3) is 0.483. The number of amides is 1. The summed E-state index contributed by atoms with van der Waals surface area (Å²) in [7, 11) is -3.47. The summed E-state index contributed by atoms with van der Waals surface area (Å²) < 4.78 is 49.1. The fourth-order valence-electron chi connectivity index (χ4n) is 5.83. The van der Waals surface area contributed by atoms with Gasteiger partial charge in [-0.2, -0.15) is 0 Å². The monoisotopic (exact) mass is 554 g/mol. The van der Waals surface area contributed by atoms with Crippen LogP contribution in [0.25, 0.3) is 0 Å². The number of nitrogens with zero attached hydrogens (tertiary/aromatic N) is 2. The van der Waals surface area contributed by atoms with Crippen LogP contribution in [-0.2, 0) is 36.3 Å². The number of nitrogens with one attached hydrogen (secondary N) is 1. The highest BCUT2D eigenvalue weighted by molar-refractivity contribution is 7.92. The molecule has 9 nitrogen and oxygen atoms in total. The van der Waals surface area contributed by atoms with Crippen molar-refractivity contribution in [3.05, 3.63) is 71.4 Å². The van der Waals surface area contributed by atoms with Crippen molar-refractivity contribution in [1.82, 2.24) is 10.2 Å². The third-order valence-corrected chi connectivity index (χ3v) is 9.43. The Bertz CT molecular complexity index is 1450. The second-order valence-corrected chi connectivity index (χ2v) is 12.8. The SMILES string of the molecule is [2H]C([2H])(OC[C@H](NC(=O)C1(N)CCC1)C(=C=O)N1CCC2(CC1)CN(S(C)(=O)=O)c1ccccc12)c1ccccc1. The summed E-state index contributed by atoms with van der Waals surface area (Å²) in [5, 5.41) is 2.85. The molecule has 1 saturated carbocycles. The number of para-hydroxylation sites is 1. The van der Waals surface area contributed by atoms with E-state index >= 15 is 0 Å². The number of sulfonamides is 1. The second-order valence-electron chi connectivity index (χ2n) is 10.9. The van der Waals surface area contributed by atoms with Crippen LogP contribution in [0.15, 0.2) is 60.3 Å². The van der Waals surface area contributed by atoms with Gasteiger partial charge in [0.05, 0.1) is 33.4 Å². The summed E-state index contributed by atoms with van der Waals surface area (Å²) in [6.07, 6.45) is 4.25. The van der Waals surface area contributed by atoms with Crippen LogP contribution in [0.5, 0.6) is 0 Å². The minimum atomic E-state index is -3.47. The molecule has 1 atom stereocenters. The van der Waals surface area contributed by atoms with Gasteiger partial charge in [-0.15, -0.1) is 0 Å². The van der Waals surface area contributed by atoms with Crippen LogP contribution in [0.4, 0.5) is 5.69 Å². The van der Waals surface area contributed by atoms with E-state index in [0.29, 0.717) is 56.6 Å². The molecule has 208 valence electrons. The first kappa shape index (κ1) is 24.8. The Morgan fingerprint density at radius 3 is 2.41 bits per heavy atom. The number of carbonyl (C=O) groups is 1. The van der Waals surface area contributed by atoms with Gasteiger partial charge in [0.15, 0.2) is 0 Å². The molecule has 2 fully saturated rings. The van der Waals surface area contributed by atoms with E-state index in [1.54, 1.807) is 30.3 Å². The minimum absolute atomic E-state index is 0.159. The van der Waals surface area contributed by atoms with E-state index in [1.165, 1.54) is 10.6 Å². The first-order valence-corrected chi connectivity index (χ1v) is 15.1. The molecule has 5 rings (SSSR count). The largest absolute Gasteiger partial charge is 0.374 e. The van der Waals surface area contributed by atoms with Gasteiger partial charge in [0.2, 0.25) is 15.9 Å². The van der Waals surface area contributed by atoms with Gasteiger partial charge in [0, 0.05) is 25.0 Å². The van der Waals surface area contributed by atoms with Gasteiger partial charge >= 0.3 is 0 Å². The highest BCUT2D eigenvalue weighted by atomic mass is 32.2. The molecule has 1 spiro atoms. The Kier molecular flexibility index (Phi) is 6.86. The molecule has 3 N–H and O–H groups in total. The molecule has 0 bridgehead atoms. The number of ether oxygens (including phenoxy) is 1. The zero-order valence-corrected chi connectivity index (χ0v) is 22.9. The average molecular weight is 555 g/mol. The van der Waals surface area contributed by atoms with Crippen LogP contribution >= 0.6 is 0 Å². The van der Waals surface area contributed by atoms with Crippen molar-refractivity contribution in [1.29, 1.82) is 0 Å². The lowest BCUT2D eigenvalue weighted by molar-refractivity contribution is -0.130. The molecular formula is C29H36N4O5S. The molecule has 1 saturated heterocycles. The number of likely N-dealkylation sites (tertiary alicyclic amines) is 1. The van der Waals surface area contributed by atoms with E-state index in [0.717, 1.165) is 12.0 Å².